The predicted octanol–water partition coefficient (Wildman–Crippen LogP) is 3.05. The predicted molar refractivity (Wildman–Crippen MR) is 109 cm³/mol. The molecule has 1 heterocycles. The van der Waals surface area contributed by atoms with Gasteiger partial charge in [0, 0.05) is 25.7 Å². The normalized spacial score (nSPS) is 16.7. The van der Waals surface area contributed by atoms with E-state index in [1.165, 1.54) is 17.5 Å². The average molecular weight is 423 g/mol. The second kappa shape index (κ2) is 9.21. The summed E-state index contributed by atoms with van der Waals surface area (Å²) in [4.78, 5) is 2.33. The number of rotatable bonds is 7. The summed E-state index contributed by atoms with van der Waals surface area (Å²) in [6.45, 7) is 4.08. The van der Waals surface area contributed by atoms with Gasteiger partial charge in [0.25, 0.3) is 0 Å². The highest BCUT2D eigenvalue weighted by atomic mass is 32.2. The summed E-state index contributed by atoms with van der Waals surface area (Å²) >= 11 is 0. The van der Waals surface area contributed by atoms with E-state index in [0.29, 0.717) is 32.8 Å². The summed E-state index contributed by atoms with van der Waals surface area (Å²) in [5, 5.41) is 0. The van der Waals surface area contributed by atoms with Crippen LogP contribution >= 0.6 is 0 Å². The molecular weight excluding hydrogens is 395 g/mol. The molecule has 0 bridgehead atoms. The molecule has 2 aromatic rings. The average Bonchev–Trinajstić information content (AvgIpc) is 2.74. The molecule has 2 aromatic carbocycles. The molecule has 3 rings (SSSR count). The number of morpholine rings is 1. The smallest absolute Gasteiger partial charge is 0.243 e. The highest BCUT2D eigenvalue weighted by Gasteiger charge is 2.27. The lowest BCUT2D eigenvalue weighted by molar-refractivity contribution is 0.0730. The Bertz CT molecular complexity index is 945. The van der Waals surface area contributed by atoms with E-state index in [-0.39, 0.29) is 16.7 Å². The number of hydrogen-bond acceptors (Lipinski definition) is 5. The van der Waals surface area contributed by atoms with Gasteiger partial charge in [0.2, 0.25) is 10.0 Å². The molecule has 1 aliphatic heterocycles. The van der Waals surface area contributed by atoms with E-state index in [1.807, 2.05) is 31.0 Å². The Balaban J connectivity index is 1.76. The first-order chi connectivity index (χ1) is 13.8. The molecule has 0 N–H and O–H groups in total. The zero-order valence-corrected chi connectivity index (χ0v) is 17.8. The molecule has 6 nitrogen and oxygen atoms in total. The molecule has 0 aliphatic carbocycles. The highest BCUT2D eigenvalue weighted by Crippen LogP contribution is 2.26. The molecule has 1 atom stereocenters. The third kappa shape index (κ3) is 4.95. The second-order valence-corrected chi connectivity index (χ2v) is 9.09. The number of methoxy groups -OCH3 is 1. The van der Waals surface area contributed by atoms with Gasteiger partial charge in [-0.15, -0.1) is 0 Å². The highest BCUT2D eigenvalue weighted by molar-refractivity contribution is 7.89. The topological polar surface area (TPSA) is 59.1 Å². The zero-order chi connectivity index (χ0) is 21.0. The molecule has 0 radical (unpaired) electrons. The summed E-state index contributed by atoms with van der Waals surface area (Å²) in [5.74, 6) is -0.185. The van der Waals surface area contributed by atoms with Crippen LogP contribution in [0.5, 0.6) is 5.75 Å². The maximum Gasteiger partial charge on any atom is 0.243 e. The molecule has 0 amide bonds. The number of ether oxygens (including phenoxy) is 2. The Kier molecular flexibility index (Phi) is 6.89. The fourth-order valence-electron chi connectivity index (χ4n) is 3.36. The molecule has 0 aromatic heterocycles. The number of hydrogen-bond donors (Lipinski definition) is 0. The van der Waals surface area contributed by atoms with Gasteiger partial charge in [-0.3, -0.25) is 4.90 Å². The minimum atomic E-state index is -3.54. The van der Waals surface area contributed by atoms with Crippen molar-refractivity contribution in [1.82, 2.24) is 9.21 Å². The molecule has 0 unspecified atom stereocenters. The second-order valence-electron chi connectivity index (χ2n) is 7.15. The van der Waals surface area contributed by atoms with E-state index in [0.717, 1.165) is 11.1 Å². The fourth-order valence-corrected chi connectivity index (χ4v) is 4.82. The van der Waals surface area contributed by atoms with Crippen molar-refractivity contribution in [3.63, 3.8) is 0 Å². The van der Waals surface area contributed by atoms with Gasteiger partial charge in [-0.1, -0.05) is 18.2 Å². The van der Waals surface area contributed by atoms with Crippen LogP contribution in [0.2, 0.25) is 0 Å². The molecule has 1 saturated heterocycles. The monoisotopic (exact) mass is 422 g/mol. The van der Waals surface area contributed by atoms with E-state index in [1.54, 1.807) is 24.3 Å². The Hall–Kier alpha value is -2.00. The van der Waals surface area contributed by atoms with Crippen molar-refractivity contribution in [1.29, 1.82) is 0 Å². The first-order valence-electron chi connectivity index (χ1n) is 9.53. The van der Waals surface area contributed by atoms with Crippen LogP contribution in [-0.2, 0) is 21.3 Å². The molecule has 1 fully saturated rings. The summed E-state index contributed by atoms with van der Waals surface area (Å²) in [6.07, 6.45) is 0. The molecule has 1 aliphatic rings. The SMILES string of the molecule is COc1ccc(CN(C)[C@@H](C)c2cccc(S(=O)(=O)N3CCOCC3)c2)cc1F. The van der Waals surface area contributed by atoms with Crippen molar-refractivity contribution in [3.05, 3.63) is 59.4 Å². The van der Waals surface area contributed by atoms with E-state index < -0.39 is 15.8 Å². The third-order valence-electron chi connectivity index (χ3n) is 5.26. The van der Waals surface area contributed by atoms with Gasteiger partial charge in [0.15, 0.2) is 11.6 Å². The minimum absolute atomic E-state index is 0.0556. The van der Waals surface area contributed by atoms with Gasteiger partial charge >= 0.3 is 0 Å². The Morgan fingerprint density at radius 2 is 1.93 bits per heavy atom. The van der Waals surface area contributed by atoms with Crippen LogP contribution < -0.4 is 4.74 Å². The van der Waals surface area contributed by atoms with Crippen molar-refractivity contribution in [3.8, 4) is 5.75 Å². The van der Waals surface area contributed by atoms with Gasteiger partial charge < -0.3 is 9.47 Å². The quantitative estimate of drug-likeness (QED) is 0.687. The van der Waals surface area contributed by atoms with Crippen molar-refractivity contribution >= 4 is 10.0 Å². The van der Waals surface area contributed by atoms with Crippen LogP contribution in [0.1, 0.15) is 24.1 Å². The number of halogens is 1. The van der Waals surface area contributed by atoms with Crippen LogP contribution in [0.4, 0.5) is 4.39 Å². The van der Waals surface area contributed by atoms with Gasteiger partial charge in [0.1, 0.15) is 0 Å². The minimum Gasteiger partial charge on any atom is -0.494 e. The van der Waals surface area contributed by atoms with E-state index in [9.17, 15) is 12.8 Å². The zero-order valence-electron chi connectivity index (χ0n) is 17.0. The Morgan fingerprint density at radius 3 is 2.59 bits per heavy atom. The molecular formula is C21H27FN2O4S. The van der Waals surface area contributed by atoms with Gasteiger partial charge in [-0.05, 0) is 49.4 Å². The summed E-state index contributed by atoms with van der Waals surface area (Å²) < 4.78 is 51.5. The lowest BCUT2D eigenvalue weighted by Gasteiger charge is -2.28. The van der Waals surface area contributed by atoms with E-state index in [2.05, 4.69) is 0 Å². The van der Waals surface area contributed by atoms with E-state index >= 15 is 0 Å². The summed E-state index contributed by atoms with van der Waals surface area (Å²) in [7, 11) is -0.183. The molecule has 29 heavy (non-hydrogen) atoms. The number of benzene rings is 2. The first-order valence-corrected chi connectivity index (χ1v) is 11.0. The van der Waals surface area contributed by atoms with Gasteiger partial charge in [-0.25, -0.2) is 12.8 Å². The molecule has 0 saturated carbocycles. The lowest BCUT2D eigenvalue weighted by Crippen LogP contribution is -2.40. The Labute approximate surface area is 171 Å². The standard InChI is InChI=1S/C21H27FN2O4S/c1-16(23(2)15-17-7-8-21(27-3)20(22)13-17)18-5-4-6-19(14-18)29(25,26)24-9-11-28-12-10-24/h4-8,13-14,16H,9-12,15H2,1-3H3/t16-/m0/s1. The fraction of sp³-hybridized carbons (Fsp3) is 0.429. The summed E-state index contributed by atoms with van der Waals surface area (Å²) in [5.41, 5.74) is 1.70. The van der Waals surface area contributed by atoms with Crippen molar-refractivity contribution in [2.45, 2.75) is 24.4 Å². The largest absolute Gasteiger partial charge is 0.494 e. The van der Waals surface area contributed by atoms with Crippen LogP contribution in [0, 0.1) is 5.82 Å². The molecule has 0 spiro atoms. The van der Waals surface area contributed by atoms with Crippen LogP contribution in [0.15, 0.2) is 47.4 Å². The third-order valence-corrected chi connectivity index (χ3v) is 7.15. The molecule has 158 valence electrons. The maximum absolute atomic E-state index is 14.0. The number of nitrogens with zero attached hydrogens (tertiary/aromatic N) is 2. The maximum atomic E-state index is 14.0. The van der Waals surface area contributed by atoms with Crippen LogP contribution in [-0.4, -0.2) is 58.1 Å². The van der Waals surface area contributed by atoms with Gasteiger partial charge in [-0.2, -0.15) is 4.31 Å². The van der Waals surface area contributed by atoms with Crippen molar-refractivity contribution in [2.24, 2.45) is 0 Å². The Morgan fingerprint density at radius 1 is 1.21 bits per heavy atom. The van der Waals surface area contributed by atoms with Crippen molar-refractivity contribution in [2.75, 3.05) is 40.5 Å². The van der Waals surface area contributed by atoms with Crippen LogP contribution in [0.25, 0.3) is 0 Å². The molecule has 8 heteroatoms. The van der Waals surface area contributed by atoms with Crippen molar-refractivity contribution < 1.29 is 22.3 Å². The number of sulfonamides is 1. The lowest BCUT2D eigenvalue weighted by atomic mass is 10.1. The van der Waals surface area contributed by atoms with Gasteiger partial charge in [0.05, 0.1) is 25.2 Å². The summed E-state index contributed by atoms with van der Waals surface area (Å²) in [6, 6.07) is 11.9. The van der Waals surface area contributed by atoms with E-state index in [4.69, 9.17) is 9.47 Å². The van der Waals surface area contributed by atoms with Crippen LogP contribution in [0.3, 0.4) is 0 Å². The first kappa shape index (κ1) is 21.7.